The molecule has 2 fully saturated rings. The van der Waals surface area contributed by atoms with Crippen LogP contribution in [0.4, 0.5) is 0 Å². The Morgan fingerprint density at radius 3 is 2.24 bits per heavy atom. The molecule has 0 aliphatic carbocycles. The Morgan fingerprint density at radius 1 is 1.29 bits per heavy atom. The molecule has 0 amide bonds. The minimum absolute atomic E-state index is 0.0739. The fourth-order valence-electron chi connectivity index (χ4n) is 2.58. The van der Waals surface area contributed by atoms with Crippen molar-refractivity contribution in [2.45, 2.75) is 69.9 Å². The number of fused-ring (bicyclic) bond motifs is 2. The molecule has 17 heavy (non-hydrogen) atoms. The van der Waals surface area contributed by atoms with Gasteiger partial charge in [0.25, 0.3) is 0 Å². The molecule has 2 aliphatic rings. The van der Waals surface area contributed by atoms with E-state index in [0.29, 0.717) is 12.8 Å². The first-order chi connectivity index (χ1) is 7.85. The molecule has 5 nitrogen and oxygen atoms in total. The van der Waals surface area contributed by atoms with Gasteiger partial charge in [0.1, 0.15) is 5.60 Å². The number of carbonyl (C=O) groups excluding carboxylic acids is 1. The Hall–Kier alpha value is -0.650. The zero-order valence-electron chi connectivity index (χ0n) is 10.7. The molecule has 5 heteroatoms. The summed E-state index contributed by atoms with van der Waals surface area (Å²) < 4.78 is 11.1. The number of ether oxygens (including phenoxy) is 2. The Morgan fingerprint density at radius 2 is 1.82 bits per heavy atom. The largest absolute Gasteiger partial charge is 0.458 e. The van der Waals surface area contributed by atoms with Crippen molar-refractivity contribution in [2.24, 2.45) is 5.90 Å². The van der Waals surface area contributed by atoms with Gasteiger partial charge in [-0.3, -0.25) is 4.84 Å². The molecule has 2 atom stereocenters. The van der Waals surface area contributed by atoms with Crippen LogP contribution in [-0.2, 0) is 19.1 Å². The van der Waals surface area contributed by atoms with Crippen molar-refractivity contribution in [3.63, 3.8) is 0 Å². The van der Waals surface area contributed by atoms with Gasteiger partial charge < -0.3 is 9.47 Å². The van der Waals surface area contributed by atoms with Crippen LogP contribution in [0, 0.1) is 0 Å². The summed E-state index contributed by atoms with van der Waals surface area (Å²) in [7, 11) is 0. The van der Waals surface area contributed by atoms with Crippen molar-refractivity contribution in [1.82, 2.24) is 0 Å². The molecular formula is C12H21NO4. The summed E-state index contributed by atoms with van der Waals surface area (Å²) in [5, 5.41) is 0. The fraction of sp³-hybridized carbons (Fsp3) is 0.917. The molecule has 2 rings (SSSR count). The zero-order valence-corrected chi connectivity index (χ0v) is 10.7. The molecule has 2 N–H and O–H groups in total. The molecule has 98 valence electrons. The molecule has 0 aromatic heterocycles. The van der Waals surface area contributed by atoms with Gasteiger partial charge in [-0.25, -0.2) is 10.7 Å². The second-order valence-corrected chi connectivity index (χ2v) is 5.98. The van der Waals surface area contributed by atoms with E-state index < -0.39 is 11.2 Å². The number of hydrogen-bond acceptors (Lipinski definition) is 5. The van der Waals surface area contributed by atoms with E-state index in [1.54, 1.807) is 0 Å². The monoisotopic (exact) mass is 243 g/mol. The summed E-state index contributed by atoms with van der Waals surface area (Å²) in [6.07, 6.45) is 3.08. The van der Waals surface area contributed by atoms with Gasteiger partial charge in [0, 0.05) is 12.8 Å². The van der Waals surface area contributed by atoms with Crippen LogP contribution in [0.15, 0.2) is 0 Å². The number of nitrogens with two attached hydrogens (primary N) is 1. The number of carbonyl (C=O) groups is 1. The smallest absolute Gasteiger partial charge is 0.341 e. The molecule has 2 unspecified atom stereocenters. The maximum atomic E-state index is 12.2. The lowest BCUT2D eigenvalue weighted by molar-refractivity contribution is -0.204. The van der Waals surface area contributed by atoms with Crippen LogP contribution in [0.5, 0.6) is 0 Å². The van der Waals surface area contributed by atoms with Crippen LogP contribution in [0.25, 0.3) is 0 Å². The molecule has 2 heterocycles. The number of hydrogen-bond donors (Lipinski definition) is 1. The highest BCUT2D eigenvalue weighted by Crippen LogP contribution is 2.41. The van der Waals surface area contributed by atoms with Crippen LogP contribution < -0.4 is 5.90 Å². The normalized spacial score (nSPS) is 36.9. The number of rotatable bonds is 2. The minimum Gasteiger partial charge on any atom is -0.458 e. The standard InChI is InChI=1S/C12H21NO4/c1-11(2,3)16-10(14)12(17-13)6-8-4-5-9(7-12)15-8/h8-9H,4-7,13H2,1-3H3. The molecular weight excluding hydrogens is 222 g/mol. The summed E-state index contributed by atoms with van der Waals surface area (Å²) in [4.78, 5) is 17.2. The predicted octanol–water partition coefficient (Wildman–Crippen LogP) is 1.30. The van der Waals surface area contributed by atoms with Gasteiger partial charge in [0.15, 0.2) is 5.60 Å². The first-order valence-corrected chi connectivity index (χ1v) is 6.11. The van der Waals surface area contributed by atoms with Crippen molar-refractivity contribution >= 4 is 5.97 Å². The quantitative estimate of drug-likeness (QED) is 0.584. The highest BCUT2D eigenvalue weighted by atomic mass is 16.7. The highest BCUT2D eigenvalue weighted by Gasteiger charge is 2.52. The first-order valence-electron chi connectivity index (χ1n) is 6.11. The minimum atomic E-state index is -1.02. The van der Waals surface area contributed by atoms with E-state index in [9.17, 15) is 4.79 Å². The van der Waals surface area contributed by atoms with Gasteiger partial charge in [-0.1, -0.05) is 0 Å². The van der Waals surface area contributed by atoms with Gasteiger partial charge >= 0.3 is 5.97 Å². The van der Waals surface area contributed by atoms with Crippen molar-refractivity contribution in [3.8, 4) is 0 Å². The van der Waals surface area contributed by atoms with Gasteiger partial charge in [-0.2, -0.15) is 0 Å². The van der Waals surface area contributed by atoms with Crippen LogP contribution in [0.1, 0.15) is 46.5 Å². The molecule has 0 saturated carbocycles. The maximum Gasteiger partial charge on any atom is 0.341 e. The van der Waals surface area contributed by atoms with Crippen molar-refractivity contribution in [3.05, 3.63) is 0 Å². The molecule has 2 aliphatic heterocycles. The molecule has 0 aromatic rings. The van der Waals surface area contributed by atoms with E-state index >= 15 is 0 Å². The van der Waals surface area contributed by atoms with E-state index in [1.807, 2.05) is 20.8 Å². The van der Waals surface area contributed by atoms with E-state index in [0.717, 1.165) is 12.8 Å². The summed E-state index contributed by atoms with van der Waals surface area (Å²) in [5.41, 5.74) is -1.54. The molecule has 0 radical (unpaired) electrons. The van der Waals surface area contributed by atoms with Crippen LogP contribution in [-0.4, -0.2) is 29.4 Å². The Kier molecular flexibility index (Phi) is 3.18. The maximum absolute atomic E-state index is 12.2. The Balaban J connectivity index is 2.12. The SMILES string of the molecule is CC(C)(C)OC(=O)C1(ON)CC2CCC(C1)O2. The summed E-state index contributed by atoms with van der Waals surface area (Å²) in [6.45, 7) is 5.51. The van der Waals surface area contributed by atoms with Gasteiger partial charge in [-0.15, -0.1) is 0 Å². The van der Waals surface area contributed by atoms with Crippen LogP contribution >= 0.6 is 0 Å². The third-order valence-corrected chi connectivity index (χ3v) is 3.31. The van der Waals surface area contributed by atoms with Gasteiger partial charge in [0.2, 0.25) is 0 Å². The van der Waals surface area contributed by atoms with Crippen molar-refractivity contribution in [1.29, 1.82) is 0 Å². The van der Waals surface area contributed by atoms with E-state index in [-0.39, 0.29) is 18.2 Å². The van der Waals surface area contributed by atoms with E-state index in [1.165, 1.54) is 0 Å². The molecule has 2 saturated heterocycles. The fourth-order valence-corrected chi connectivity index (χ4v) is 2.58. The summed E-state index contributed by atoms with van der Waals surface area (Å²) >= 11 is 0. The van der Waals surface area contributed by atoms with E-state index in [4.69, 9.17) is 20.2 Å². The second kappa shape index (κ2) is 4.23. The first kappa shape index (κ1) is 12.8. The molecule has 2 bridgehead atoms. The number of esters is 1. The average Bonchev–Trinajstić information content (AvgIpc) is 2.55. The van der Waals surface area contributed by atoms with Gasteiger partial charge in [-0.05, 0) is 33.6 Å². The van der Waals surface area contributed by atoms with Crippen LogP contribution in [0.3, 0.4) is 0 Å². The van der Waals surface area contributed by atoms with E-state index in [2.05, 4.69) is 0 Å². The third kappa shape index (κ3) is 2.61. The van der Waals surface area contributed by atoms with Crippen molar-refractivity contribution < 1.29 is 19.1 Å². The Labute approximate surface area is 102 Å². The summed E-state index contributed by atoms with van der Waals surface area (Å²) in [5.74, 6) is 4.99. The van der Waals surface area contributed by atoms with Crippen LogP contribution in [0.2, 0.25) is 0 Å². The highest BCUT2D eigenvalue weighted by molar-refractivity contribution is 5.80. The lowest BCUT2D eigenvalue weighted by Crippen LogP contribution is -2.53. The second-order valence-electron chi connectivity index (χ2n) is 5.98. The zero-order chi connectivity index (χ0) is 12.7. The third-order valence-electron chi connectivity index (χ3n) is 3.31. The summed E-state index contributed by atoms with van der Waals surface area (Å²) in [6, 6.07) is 0. The topological polar surface area (TPSA) is 70.8 Å². The Bertz CT molecular complexity index is 298. The molecule has 0 aromatic carbocycles. The predicted molar refractivity (Wildman–Crippen MR) is 61.0 cm³/mol. The molecule has 0 spiro atoms. The average molecular weight is 243 g/mol. The van der Waals surface area contributed by atoms with Crippen molar-refractivity contribution in [2.75, 3.05) is 0 Å². The van der Waals surface area contributed by atoms with Gasteiger partial charge in [0.05, 0.1) is 12.2 Å². The lowest BCUT2D eigenvalue weighted by atomic mass is 9.90. The lowest BCUT2D eigenvalue weighted by Gasteiger charge is -2.38.